The molecule has 0 fully saturated rings. The molecule has 1 aromatic rings. The quantitative estimate of drug-likeness (QED) is 0.438. The van der Waals surface area contributed by atoms with Crippen molar-refractivity contribution >= 4 is 28.5 Å². The summed E-state index contributed by atoms with van der Waals surface area (Å²) in [6, 6.07) is 0. The van der Waals surface area contributed by atoms with Crippen LogP contribution in [0.4, 0.5) is 5.13 Å². The van der Waals surface area contributed by atoms with Gasteiger partial charge in [-0.3, -0.25) is 4.79 Å². The summed E-state index contributed by atoms with van der Waals surface area (Å²) in [5.74, 6) is 0. The maximum Gasteiger partial charge on any atom is 0.259 e. The van der Waals surface area contributed by atoms with Gasteiger partial charge in [-0.1, -0.05) is 24.9 Å². The van der Waals surface area contributed by atoms with Crippen LogP contribution in [0.2, 0.25) is 0 Å². The molecule has 0 aliphatic rings. The van der Waals surface area contributed by atoms with Crippen LogP contribution in [0.25, 0.3) is 0 Å². The van der Waals surface area contributed by atoms with E-state index in [1.54, 1.807) is 11.7 Å². The SMILES string of the molecule is CCCCCCON=C([C]=O)c1csc(N)n1. The monoisotopic (exact) mass is 254 g/mol. The summed E-state index contributed by atoms with van der Waals surface area (Å²) < 4.78 is 0. The lowest BCUT2D eigenvalue weighted by molar-refractivity contribution is 0.140. The highest BCUT2D eigenvalue weighted by atomic mass is 32.1. The normalized spacial score (nSPS) is 11.5. The molecule has 0 aromatic carbocycles. The van der Waals surface area contributed by atoms with Gasteiger partial charge in [0.05, 0.1) is 0 Å². The summed E-state index contributed by atoms with van der Waals surface area (Å²) in [4.78, 5) is 19.6. The minimum absolute atomic E-state index is 0.0634. The average molecular weight is 254 g/mol. The van der Waals surface area contributed by atoms with Gasteiger partial charge >= 0.3 is 0 Å². The molecule has 0 aliphatic carbocycles. The fourth-order valence-electron chi connectivity index (χ4n) is 1.22. The van der Waals surface area contributed by atoms with Gasteiger partial charge in [0.15, 0.2) is 10.8 Å². The van der Waals surface area contributed by atoms with Gasteiger partial charge in [0.25, 0.3) is 6.29 Å². The van der Waals surface area contributed by atoms with Gasteiger partial charge < -0.3 is 10.6 Å². The Hall–Kier alpha value is -1.43. The van der Waals surface area contributed by atoms with E-state index in [0.29, 0.717) is 17.4 Å². The molecule has 1 radical (unpaired) electrons. The van der Waals surface area contributed by atoms with Crippen LogP contribution in [0, 0.1) is 0 Å². The number of aromatic nitrogens is 1. The third-order valence-corrected chi connectivity index (χ3v) is 2.78. The lowest BCUT2D eigenvalue weighted by Gasteiger charge is -1.99. The van der Waals surface area contributed by atoms with Gasteiger partial charge in [-0.25, -0.2) is 4.98 Å². The molecule has 6 heteroatoms. The molecule has 2 N–H and O–H groups in total. The zero-order chi connectivity index (χ0) is 12.5. The van der Waals surface area contributed by atoms with Crippen molar-refractivity contribution in [2.45, 2.75) is 32.6 Å². The third kappa shape index (κ3) is 4.95. The molecule has 1 rings (SSSR count). The summed E-state index contributed by atoms with van der Waals surface area (Å²) in [6.45, 7) is 2.65. The smallest absolute Gasteiger partial charge is 0.259 e. The second-order valence-electron chi connectivity index (χ2n) is 3.51. The number of unbranched alkanes of at least 4 members (excludes halogenated alkanes) is 3. The molecule has 0 spiro atoms. The highest BCUT2D eigenvalue weighted by Crippen LogP contribution is 2.11. The first-order valence-electron chi connectivity index (χ1n) is 5.57. The number of nitrogen functional groups attached to an aromatic ring is 1. The van der Waals surface area contributed by atoms with Crippen molar-refractivity contribution < 1.29 is 9.63 Å². The zero-order valence-corrected chi connectivity index (χ0v) is 10.6. The van der Waals surface area contributed by atoms with E-state index in [4.69, 9.17) is 10.6 Å². The van der Waals surface area contributed by atoms with Gasteiger partial charge in [0, 0.05) is 5.38 Å². The molecule has 0 saturated heterocycles. The minimum Gasteiger partial charge on any atom is -0.395 e. The van der Waals surface area contributed by atoms with Crippen LogP contribution in [-0.4, -0.2) is 23.6 Å². The van der Waals surface area contributed by atoms with Crippen LogP contribution in [0.3, 0.4) is 0 Å². The van der Waals surface area contributed by atoms with E-state index in [2.05, 4.69) is 17.1 Å². The number of hydrogen-bond acceptors (Lipinski definition) is 6. The summed E-state index contributed by atoms with van der Waals surface area (Å²) >= 11 is 1.25. The number of carbonyl (C=O) groups excluding carboxylic acids is 1. The third-order valence-electron chi connectivity index (χ3n) is 2.11. The molecular formula is C11H16N3O2S. The van der Waals surface area contributed by atoms with Crippen molar-refractivity contribution in [2.24, 2.45) is 5.16 Å². The van der Waals surface area contributed by atoms with Crippen LogP contribution >= 0.6 is 11.3 Å². The molecule has 5 nitrogen and oxygen atoms in total. The van der Waals surface area contributed by atoms with E-state index >= 15 is 0 Å². The predicted octanol–water partition coefficient (Wildman–Crippen LogP) is 2.14. The van der Waals surface area contributed by atoms with Crippen molar-refractivity contribution in [3.05, 3.63) is 11.1 Å². The van der Waals surface area contributed by atoms with Crippen LogP contribution in [-0.2, 0) is 9.63 Å². The van der Waals surface area contributed by atoms with Gasteiger partial charge in [-0.15, -0.1) is 11.3 Å². The molecule has 0 saturated carbocycles. The van der Waals surface area contributed by atoms with Crippen molar-refractivity contribution in [3.63, 3.8) is 0 Å². The molecule has 1 aromatic heterocycles. The van der Waals surface area contributed by atoms with Crippen LogP contribution in [0.5, 0.6) is 0 Å². The maximum absolute atomic E-state index is 10.7. The maximum atomic E-state index is 10.7. The Bertz CT molecular complexity index is 377. The largest absolute Gasteiger partial charge is 0.395 e. The molecule has 17 heavy (non-hydrogen) atoms. The number of nitrogens with zero attached hydrogens (tertiary/aromatic N) is 2. The van der Waals surface area contributed by atoms with E-state index in [0.717, 1.165) is 12.8 Å². The standard InChI is InChI=1S/C11H16N3O2S/c1-2-3-4-5-6-16-14-9(7-15)10-8-17-11(12)13-10/h8H,2-6H2,1H3,(H2,12,13). The number of hydrogen-bond donors (Lipinski definition) is 1. The van der Waals surface area contributed by atoms with Gasteiger partial charge in [-0.2, -0.15) is 0 Å². The summed E-state index contributed by atoms with van der Waals surface area (Å²) in [5.41, 5.74) is 5.94. The van der Waals surface area contributed by atoms with Crippen molar-refractivity contribution in [3.8, 4) is 0 Å². The molecule has 0 amide bonds. The first-order valence-corrected chi connectivity index (χ1v) is 6.45. The Kier molecular flexibility index (Phi) is 6.24. The number of thiazole rings is 1. The van der Waals surface area contributed by atoms with Crippen LogP contribution in [0.15, 0.2) is 10.5 Å². The molecule has 0 bridgehead atoms. The van der Waals surface area contributed by atoms with E-state index < -0.39 is 0 Å². The topological polar surface area (TPSA) is 77.6 Å². The molecular weight excluding hydrogens is 238 g/mol. The Morgan fingerprint density at radius 2 is 2.41 bits per heavy atom. The molecule has 93 valence electrons. The first kappa shape index (κ1) is 13.6. The van der Waals surface area contributed by atoms with Crippen molar-refractivity contribution in [2.75, 3.05) is 12.3 Å². The lowest BCUT2D eigenvalue weighted by atomic mass is 10.2. The molecule has 0 unspecified atom stereocenters. The number of nitrogens with two attached hydrogens (primary N) is 1. The second kappa shape index (κ2) is 7.78. The van der Waals surface area contributed by atoms with E-state index in [1.807, 2.05) is 0 Å². The first-order chi connectivity index (χ1) is 8.27. The van der Waals surface area contributed by atoms with Crippen molar-refractivity contribution in [1.29, 1.82) is 0 Å². The minimum atomic E-state index is 0.0634. The average Bonchev–Trinajstić information content (AvgIpc) is 2.75. The molecule has 0 aliphatic heterocycles. The van der Waals surface area contributed by atoms with Crippen LogP contribution in [0.1, 0.15) is 38.3 Å². The second-order valence-corrected chi connectivity index (χ2v) is 4.40. The van der Waals surface area contributed by atoms with Gasteiger partial charge in [0.2, 0.25) is 0 Å². The van der Waals surface area contributed by atoms with Crippen molar-refractivity contribution in [1.82, 2.24) is 4.98 Å². The highest BCUT2D eigenvalue weighted by Gasteiger charge is 2.08. The zero-order valence-electron chi connectivity index (χ0n) is 9.81. The molecule has 0 atom stereocenters. The molecule has 1 heterocycles. The Morgan fingerprint density at radius 1 is 1.59 bits per heavy atom. The van der Waals surface area contributed by atoms with Gasteiger partial charge in [0.1, 0.15) is 12.3 Å². The Morgan fingerprint density at radius 3 is 3.00 bits per heavy atom. The van der Waals surface area contributed by atoms with E-state index in [-0.39, 0.29) is 5.71 Å². The lowest BCUT2D eigenvalue weighted by Crippen LogP contribution is -2.04. The Labute approximate surface area is 105 Å². The highest BCUT2D eigenvalue weighted by molar-refractivity contribution is 7.13. The number of anilines is 1. The van der Waals surface area contributed by atoms with Gasteiger partial charge in [-0.05, 0) is 12.8 Å². The van der Waals surface area contributed by atoms with E-state index in [1.165, 1.54) is 24.2 Å². The summed E-state index contributed by atoms with van der Waals surface area (Å²) in [5, 5.41) is 5.75. The predicted molar refractivity (Wildman–Crippen MR) is 68.9 cm³/mol. The summed E-state index contributed by atoms with van der Waals surface area (Å²) in [6.07, 6.45) is 6.10. The van der Waals surface area contributed by atoms with Crippen LogP contribution < -0.4 is 5.73 Å². The Balaban J connectivity index is 2.37. The fourth-order valence-corrected chi connectivity index (χ4v) is 1.77. The number of rotatable bonds is 8. The fraction of sp³-hybridized carbons (Fsp3) is 0.545. The summed E-state index contributed by atoms with van der Waals surface area (Å²) in [7, 11) is 0. The number of oxime groups is 1. The van der Waals surface area contributed by atoms with E-state index in [9.17, 15) is 4.79 Å².